The van der Waals surface area contributed by atoms with E-state index in [1.165, 1.54) is 6.07 Å². The van der Waals surface area contributed by atoms with Gasteiger partial charge in [0.1, 0.15) is 0 Å². The van der Waals surface area contributed by atoms with Gasteiger partial charge in [0.25, 0.3) is 0 Å². The van der Waals surface area contributed by atoms with E-state index in [4.69, 9.17) is 4.74 Å². The summed E-state index contributed by atoms with van der Waals surface area (Å²) in [6.07, 6.45) is -0.0318. The van der Waals surface area contributed by atoms with Crippen molar-refractivity contribution >= 4 is 15.8 Å². The van der Waals surface area contributed by atoms with E-state index in [0.29, 0.717) is 5.56 Å². The number of hydrogen-bond acceptors (Lipinski definition) is 4. The zero-order valence-electron chi connectivity index (χ0n) is 11.5. The lowest BCUT2D eigenvalue weighted by atomic mass is 9.99. The van der Waals surface area contributed by atoms with Gasteiger partial charge in [-0.25, -0.2) is 8.42 Å². The van der Waals surface area contributed by atoms with Crippen LogP contribution in [0, 0.1) is 13.8 Å². The van der Waals surface area contributed by atoms with Crippen molar-refractivity contribution in [1.82, 2.24) is 0 Å². The molecule has 0 bridgehead atoms. The Morgan fingerprint density at radius 1 is 1.25 bits per heavy atom. The van der Waals surface area contributed by atoms with Gasteiger partial charge in [-0.15, -0.1) is 0 Å². The third kappa shape index (κ3) is 2.23. The van der Waals surface area contributed by atoms with Crippen LogP contribution in [0.1, 0.15) is 24.0 Å². The number of aliphatic carboxylic acids is 1. The predicted octanol–water partition coefficient (Wildman–Crippen LogP) is 1.71. The van der Waals surface area contributed by atoms with Crippen molar-refractivity contribution in [3.63, 3.8) is 0 Å². The smallest absolute Gasteiger partial charge is 0.325 e. The molecule has 0 spiro atoms. The van der Waals surface area contributed by atoms with Crippen LogP contribution in [0.3, 0.4) is 0 Å². The molecule has 1 heterocycles. The van der Waals surface area contributed by atoms with Crippen molar-refractivity contribution in [2.45, 2.75) is 36.3 Å². The zero-order chi connectivity index (χ0) is 15.0. The summed E-state index contributed by atoms with van der Waals surface area (Å²) >= 11 is 0. The molecule has 0 radical (unpaired) electrons. The highest BCUT2D eigenvalue weighted by Crippen LogP contribution is 2.36. The summed E-state index contributed by atoms with van der Waals surface area (Å²) in [5.74, 6) is -1.29. The average Bonchev–Trinajstić information content (AvgIpc) is 2.38. The Hall–Kier alpha value is -1.40. The maximum Gasteiger partial charge on any atom is 0.325 e. The number of carboxylic acids is 1. The summed E-state index contributed by atoms with van der Waals surface area (Å²) in [6.45, 7) is 3.85. The second-order valence-corrected chi connectivity index (χ2v) is 7.41. The Labute approximate surface area is 118 Å². The molecule has 1 saturated heterocycles. The van der Waals surface area contributed by atoms with Gasteiger partial charge in [-0.1, -0.05) is 17.7 Å². The second-order valence-electron chi connectivity index (χ2n) is 5.18. The van der Waals surface area contributed by atoms with E-state index in [2.05, 4.69) is 0 Å². The summed E-state index contributed by atoms with van der Waals surface area (Å²) in [5.41, 5.74) is 1.52. The van der Waals surface area contributed by atoms with Crippen LogP contribution in [-0.2, 0) is 19.4 Å². The third-order valence-corrected chi connectivity index (χ3v) is 6.47. The maximum atomic E-state index is 12.8. The van der Waals surface area contributed by atoms with E-state index >= 15 is 0 Å². The largest absolute Gasteiger partial charge is 0.480 e. The van der Waals surface area contributed by atoms with Gasteiger partial charge in [-0.3, -0.25) is 4.79 Å². The minimum Gasteiger partial charge on any atom is -0.480 e. The highest BCUT2D eigenvalue weighted by atomic mass is 32.2. The standard InChI is InChI=1S/C14H18O5S/c1-10-3-4-12(11(2)9-10)20(17,18)14(13(15)16)5-7-19-8-6-14/h3-4,9H,5-8H2,1-2H3,(H,15,16). The van der Waals surface area contributed by atoms with Gasteiger partial charge >= 0.3 is 5.97 Å². The van der Waals surface area contributed by atoms with Gasteiger partial charge in [0.05, 0.1) is 4.90 Å². The molecule has 5 nitrogen and oxygen atoms in total. The normalized spacial score (nSPS) is 18.7. The second kappa shape index (κ2) is 5.18. The van der Waals surface area contributed by atoms with Crippen LogP contribution in [-0.4, -0.2) is 37.5 Å². The number of carboxylic acid groups (broad SMARTS) is 1. The number of rotatable bonds is 3. The molecule has 2 rings (SSSR count). The molecule has 1 N–H and O–H groups in total. The molecule has 1 fully saturated rings. The maximum absolute atomic E-state index is 12.8. The van der Waals surface area contributed by atoms with Crippen LogP contribution < -0.4 is 0 Å². The van der Waals surface area contributed by atoms with Crippen LogP contribution in [0.2, 0.25) is 0 Å². The molecular weight excluding hydrogens is 280 g/mol. The summed E-state index contributed by atoms with van der Waals surface area (Å²) in [7, 11) is -3.95. The lowest BCUT2D eigenvalue weighted by molar-refractivity contribution is -0.142. The molecule has 0 aromatic heterocycles. The first-order chi connectivity index (χ1) is 9.31. The topological polar surface area (TPSA) is 80.7 Å². The zero-order valence-corrected chi connectivity index (χ0v) is 12.4. The number of ether oxygens (including phenoxy) is 1. The number of sulfone groups is 1. The van der Waals surface area contributed by atoms with Gasteiger partial charge in [-0.2, -0.15) is 0 Å². The first-order valence-corrected chi connectivity index (χ1v) is 7.92. The molecule has 0 aliphatic carbocycles. The van der Waals surface area contributed by atoms with Crippen LogP contribution in [0.15, 0.2) is 23.1 Å². The number of hydrogen-bond donors (Lipinski definition) is 1. The molecule has 0 saturated carbocycles. The van der Waals surface area contributed by atoms with Crippen LogP contribution >= 0.6 is 0 Å². The van der Waals surface area contributed by atoms with Gasteiger partial charge in [0.15, 0.2) is 14.6 Å². The van der Waals surface area contributed by atoms with Crippen molar-refractivity contribution in [1.29, 1.82) is 0 Å². The van der Waals surface area contributed by atoms with Gasteiger partial charge in [0, 0.05) is 26.1 Å². The molecule has 6 heteroatoms. The molecule has 20 heavy (non-hydrogen) atoms. The van der Waals surface area contributed by atoms with Crippen molar-refractivity contribution in [3.05, 3.63) is 29.3 Å². The Bertz CT molecular complexity index is 627. The quantitative estimate of drug-likeness (QED) is 0.919. The van der Waals surface area contributed by atoms with Crippen LogP contribution in [0.25, 0.3) is 0 Å². The van der Waals surface area contributed by atoms with E-state index in [1.807, 2.05) is 6.92 Å². The number of carbonyl (C=O) groups is 1. The summed E-state index contributed by atoms with van der Waals surface area (Å²) in [5, 5.41) is 9.50. The predicted molar refractivity (Wildman–Crippen MR) is 73.5 cm³/mol. The summed E-state index contributed by atoms with van der Waals surface area (Å²) < 4.78 is 29.0. The van der Waals surface area contributed by atoms with E-state index in [-0.39, 0.29) is 31.0 Å². The lowest BCUT2D eigenvalue weighted by Gasteiger charge is -2.33. The first kappa shape index (κ1) is 15.0. The minimum absolute atomic E-state index is 0.0159. The fourth-order valence-electron chi connectivity index (χ4n) is 2.61. The fourth-order valence-corrected chi connectivity index (χ4v) is 4.69. The Morgan fingerprint density at radius 2 is 1.85 bits per heavy atom. The fraction of sp³-hybridized carbons (Fsp3) is 0.500. The number of aryl methyl sites for hydroxylation is 2. The van der Waals surface area contributed by atoms with Crippen molar-refractivity contribution in [2.24, 2.45) is 0 Å². The highest BCUT2D eigenvalue weighted by Gasteiger charge is 2.52. The lowest BCUT2D eigenvalue weighted by Crippen LogP contribution is -2.50. The molecule has 0 amide bonds. The Kier molecular flexibility index (Phi) is 3.88. The first-order valence-electron chi connectivity index (χ1n) is 6.44. The molecule has 1 aliphatic heterocycles. The monoisotopic (exact) mass is 298 g/mol. The molecule has 1 aromatic carbocycles. The van der Waals surface area contributed by atoms with Crippen LogP contribution in [0.4, 0.5) is 0 Å². The van der Waals surface area contributed by atoms with E-state index < -0.39 is 20.6 Å². The minimum atomic E-state index is -3.95. The van der Waals surface area contributed by atoms with Crippen molar-refractivity contribution in [2.75, 3.05) is 13.2 Å². The van der Waals surface area contributed by atoms with Crippen LogP contribution in [0.5, 0.6) is 0 Å². The van der Waals surface area contributed by atoms with E-state index in [9.17, 15) is 18.3 Å². The molecule has 1 aromatic rings. The van der Waals surface area contributed by atoms with Crippen molar-refractivity contribution < 1.29 is 23.1 Å². The Morgan fingerprint density at radius 3 is 2.35 bits per heavy atom. The SMILES string of the molecule is Cc1ccc(S(=O)(=O)C2(C(=O)O)CCOCC2)c(C)c1. The summed E-state index contributed by atoms with van der Waals surface area (Å²) in [4.78, 5) is 11.7. The van der Waals surface area contributed by atoms with Crippen molar-refractivity contribution in [3.8, 4) is 0 Å². The highest BCUT2D eigenvalue weighted by molar-refractivity contribution is 7.93. The van der Waals surface area contributed by atoms with E-state index in [1.54, 1.807) is 19.1 Å². The Balaban J connectivity index is 2.59. The molecular formula is C14H18O5S. The summed E-state index contributed by atoms with van der Waals surface area (Å²) in [6, 6.07) is 4.94. The average molecular weight is 298 g/mol. The third-order valence-electron chi connectivity index (χ3n) is 3.82. The molecule has 1 aliphatic rings. The molecule has 0 atom stereocenters. The van der Waals surface area contributed by atoms with Gasteiger partial charge in [-0.05, 0) is 25.5 Å². The molecule has 110 valence electrons. The van der Waals surface area contributed by atoms with Gasteiger partial charge < -0.3 is 9.84 Å². The van der Waals surface area contributed by atoms with Gasteiger partial charge in [0.2, 0.25) is 0 Å². The number of benzene rings is 1. The van der Waals surface area contributed by atoms with E-state index in [0.717, 1.165) is 5.56 Å². The molecule has 0 unspecified atom stereocenters.